The van der Waals surface area contributed by atoms with Gasteiger partial charge in [0.1, 0.15) is 0 Å². The summed E-state index contributed by atoms with van der Waals surface area (Å²) in [6, 6.07) is 17.2. The van der Waals surface area contributed by atoms with E-state index in [0.29, 0.717) is 18.5 Å². The molecule has 2 aromatic carbocycles. The smallest absolute Gasteiger partial charge is 0.253 e. The maximum Gasteiger partial charge on any atom is 0.253 e. The van der Waals surface area contributed by atoms with E-state index < -0.39 is 0 Å². The van der Waals surface area contributed by atoms with Crippen molar-refractivity contribution < 1.29 is 9.59 Å². The van der Waals surface area contributed by atoms with Gasteiger partial charge in [0.05, 0.1) is 11.3 Å². The van der Waals surface area contributed by atoms with Crippen LogP contribution in [0.1, 0.15) is 42.6 Å². The summed E-state index contributed by atoms with van der Waals surface area (Å²) in [5, 5.41) is 6.25. The number of rotatable bonds is 5. The average Bonchev–Trinajstić information content (AvgIpc) is 2.59. The van der Waals surface area contributed by atoms with Crippen LogP contribution in [0.3, 0.4) is 0 Å². The fourth-order valence-electron chi connectivity index (χ4n) is 3.26. The number of carbonyl (C=O) groups is 2. The lowest BCUT2D eigenvalue weighted by Crippen LogP contribution is -2.26. The van der Waals surface area contributed by atoms with Crippen LogP contribution in [0.4, 0.5) is 5.69 Å². The highest BCUT2D eigenvalue weighted by atomic mass is 16.1. The van der Waals surface area contributed by atoms with Gasteiger partial charge < -0.3 is 10.6 Å². The van der Waals surface area contributed by atoms with Gasteiger partial charge in [-0.25, -0.2) is 0 Å². The molecule has 1 aliphatic carbocycles. The summed E-state index contributed by atoms with van der Waals surface area (Å²) in [7, 11) is 0. The first kappa shape index (κ1) is 17.9. The minimum atomic E-state index is -0.140. The van der Waals surface area contributed by atoms with Crippen LogP contribution in [0.2, 0.25) is 0 Å². The van der Waals surface area contributed by atoms with Crippen molar-refractivity contribution in [3.63, 3.8) is 0 Å². The summed E-state index contributed by atoms with van der Waals surface area (Å²) in [5.74, 6) is -0.0197. The van der Waals surface area contributed by atoms with Crippen LogP contribution in [-0.2, 0) is 11.3 Å². The van der Waals surface area contributed by atoms with E-state index in [4.69, 9.17) is 0 Å². The van der Waals surface area contributed by atoms with Crippen molar-refractivity contribution in [2.24, 2.45) is 5.41 Å². The number of benzene rings is 2. The second-order valence-corrected chi connectivity index (χ2v) is 7.49. The van der Waals surface area contributed by atoms with Gasteiger partial charge in [-0.2, -0.15) is 0 Å². The fraction of sp³-hybridized carbons (Fsp3) is 0.273. The van der Waals surface area contributed by atoms with E-state index in [-0.39, 0.29) is 17.1 Å². The number of carbonyl (C=O) groups excluding carboxylic acids is 2. The molecule has 0 spiro atoms. The number of hydrogen-bond acceptors (Lipinski definition) is 3. The van der Waals surface area contributed by atoms with Crippen molar-refractivity contribution in [3.8, 4) is 0 Å². The Kier molecular flexibility index (Phi) is 5.21. The zero-order chi connectivity index (χ0) is 18.6. The molecule has 0 atom stereocenters. The summed E-state index contributed by atoms with van der Waals surface area (Å²) >= 11 is 0. The molecule has 4 nitrogen and oxygen atoms in total. The molecule has 0 saturated heterocycles. The number of amides is 1. The molecular weight excluding hydrogens is 324 g/mol. The minimum Gasteiger partial charge on any atom is -0.358 e. The third-order valence-corrected chi connectivity index (χ3v) is 4.42. The average molecular weight is 348 g/mol. The van der Waals surface area contributed by atoms with Crippen molar-refractivity contribution in [3.05, 3.63) is 77.5 Å². The minimum absolute atomic E-state index is 0.0708. The van der Waals surface area contributed by atoms with Crippen LogP contribution < -0.4 is 10.6 Å². The third-order valence-electron chi connectivity index (χ3n) is 4.42. The standard InChI is InChI=1S/C22H24N2O2/c1-22(2)13-17(12-18(25)14-22)24-20-11-7-6-10-19(20)21(26)23-15-16-8-4-3-5-9-16/h3-12,24H,13-15H2,1-2H3,(H,23,26). The van der Waals surface area contributed by atoms with Crippen molar-refractivity contribution >= 4 is 17.4 Å². The summed E-state index contributed by atoms with van der Waals surface area (Å²) in [6.45, 7) is 4.64. The Bertz CT molecular complexity index is 838. The number of para-hydroxylation sites is 1. The van der Waals surface area contributed by atoms with Crippen LogP contribution >= 0.6 is 0 Å². The number of allylic oxidation sites excluding steroid dienone is 2. The Labute approximate surface area is 154 Å². The molecule has 2 N–H and O–H groups in total. The van der Waals surface area contributed by atoms with E-state index in [1.54, 1.807) is 12.1 Å². The van der Waals surface area contributed by atoms with Crippen LogP contribution in [0, 0.1) is 5.41 Å². The predicted octanol–water partition coefficient (Wildman–Crippen LogP) is 4.30. The molecule has 0 aromatic heterocycles. The normalized spacial score (nSPS) is 15.9. The van der Waals surface area contributed by atoms with Crippen LogP contribution in [-0.4, -0.2) is 11.7 Å². The molecule has 2 aromatic rings. The molecular formula is C22H24N2O2. The van der Waals surface area contributed by atoms with Crippen molar-refractivity contribution in [1.82, 2.24) is 5.32 Å². The summed E-state index contributed by atoms with van der Waals surface area (Å²) in [4.78, 5) is 24.6. The van der Waals surface area contributed by atoms with Gasteiger partial charge in [0, 0.05) is 24.7 Å². The van der Waals surface area contributed by atoms with Gasteiger partial charge in [-0.05, 0) is 29.5 Å². The van der Waals surface area contributed by atoms with Crippen molar-refractivity contribution in [1.29, 1.82) is 0 Å². The monoisotopic (exact) mass is 348 g/mol. The lowest BCUT2D eigenvalue weighted by Gasteiger charge is -2.29. The van der Waals surface area contributed by atoms with Gasteiger partial charge in [0.2, 0.25) is 0 Å². The molecule has 4 heteroatoms. The topological polar surface area (TPSA) is 58.2 Å². The quantitative estimate of drug-likeness (QED) is 0.847. The van der Waals surface area contributed by atoms with E-state index in [1.165, 1.54) is 0 Å². The molecule has 0 unspecified atom stereocenters. The highest BCUT2D eigenvalue weighted by Crippen LogP contribution is 2.34. The zero-order valence-corrected chi connectivity index (χ0v) is 15.2. The fourth-order valence-corrected chi connectivity index (χ4v) is 3.26. The molecule has 0 bridgehead atoms. The van der Waals surface area contributed by atoms with Crippen LogP contribution in [0.25, 0.3) is 0 Å². The van der Waals surface area contributed by atoms with E-state index in [1.807, 2.05) is 48.5 Å². The number of hydrogen-bond donors (Lipinski definition) is 2. The molecule has 1 amide bonds. The molecule has 134 valence electrons. The first-order chi connectivity index (χ1) is 12.4. The first-order valence-electron chi connectivity index (χ1n) is 8.84. The Morgan fingerprint density at radius 3 is 2.42 bits per heavy atom. The van der Waals surface area contributed by atoms with E-state index in [9.17, 15) is 9.59 Å². The van der Waals surface area contributed by atoms with Crippen LogP contribution in [0.15, 0.2) is 66.4 Å². The molecule has 0 radical (unpaired) electrons. The lowest BCUT2D eigenvalue weighted by molar-refractivity contribution is -0.117. The second kappa shape index (κ2) is 7.56. The molecule has 0 saturated carbocycles. The number of anilines is 1. The summed E-state index contributed by atoms with van der Waals surface area (Å²) in [6.07, 6.45) is 2.99. The Morgan fingerprint density at radius 2 is 1.69 bits per heavy atom. The van der Waals surface area contributed by atoms with Gasteiger partial charge >= 0.3 is 0 Å². The molecule has 0 fully saturated rings. The Balaban J connectivity index is 1.74. The highest BCUT2D eigenvalue weighted by molar-refractivity contribution is 6.00. The Morgan fingerprint density at radius 1 is 1.00 bits per heavy atom. The highest BCUT2D eigenvalue weighted by Gasteiger charge is 2.28. The van der Waals surface area contributed by atoms with Gasteiger partial charge in [0.25, 0.3) is 5.91 Å². The van der Waals surface area contributed by atoms with Gasteiger partial charge in [0.15, 0.2) is 5.78 Å². The molecule has 1 aliphatic rings. The van der Waals surface area contributed by atoms with Crippen LogP contribution in [0.5, 0.6) is 0 Å². The van der Waals surface area contributed by atoms with E-state index in [2.05, 4.69) is 24.5 Å². The zero-order valence-electron chi connectivity index (χ0n) is 15.2. The second-order valence-electron chi connectivity index (χ2n) is 7.49. The largest absolute Gasteiger partial charge is 0.358 e. The van der Waals surface area contributed by atoms with Gasteiger partial charge in [-0.3, -0.25) is 9.59 Å². The number of nitrogens with one attached hydrogen (secondary N) is 2. The van der Waals surface area contributed by atoms with Gasteiger partial charge in [-0.1, -0.05) is 56.3 Å². The van der Waals surface area contributed by atoms with E-state index >= 15 is 0 Å². The number of ketones is 1. The Hall–Kier alpha value is -2.88. The predicted molar refractivity (Wildman–Crippen MR) is 104 cm³/mol. The molecule has 3 rings (SSSR count). The van der Waals surface area contributed by atoms with Crippen molar-refractivity contribution in [2.75, 3.05) is 5.32 Å². The maximum absolute atomic E-state index is 12.6. The van der Waals surface area contributed by atoms with Gasteiger partial charge in [-0.15, -0.1) is 0 Å². The first-order valence-corrected chi connectivity index (χ1v) is 8.84. The summed E-state index contributed by atoms with van der Waals surface area (Å²) < 4.78 is 0. The third kappa shape index (κ3) is 4.60. The summed E-state index contributed by atoms with van der Waals surface area (Å²) in [5.41, 5.74) is 3.12. The SMILES string of the molecule is CC1(C)CC(=O)C=C(Nc2ccccc2C(=O)NCc2ccccc2)C1. The molecule has 0 aliphatic heterocycles. The lowest BCUT2D eigenvalue weighted by atomic mass is 9.79. The van der Waals surface area contributed by atoms with Crippen molar-refractivity contribution in [2.45, 2.75) is 33.2 Å². The maximum atomic E-state index is 12.6. The molecule has 26 heavy (non-hydrogen) atoms. The molecule has 0 heterocycles. The van der Waals surface area contributed by atoms with E-state index in [0.717, 1.165) is 23.4 Å².